The number of aryl methyl sites for hydroxylation is 2. The highest BCUT2D eigenvalue weighted by Crippen LogP contribution is 2.20. The fourth-order valence-electron chi connectivity index (χ4n) is 2.01. The second-order valence-electron chi connectivity index (χ2n) is 5.09. The first-order valence-electron chi connectivity index (χ1n) is 7.06. The van der Waals surface area contributed by atoms with E-state index in [0.717, 1.165) is 23.1 Å². The molecule has 0 atom stereocenters. The minimum Gasteiger partial charge on any atom is -0.376 e. The van der Waals surface area contributed by atoms with E-state index in [2.05, 4.69) is 20.6 Å². The highest BCUT2D eigenvalue weighted by atomic mass is 32.1. The Balaban J connectivity index is 2.56. The summed E-state index contributed by atoms with van der Waals surface area (Å²) in [5.41, 5.74) is 9.19. The number of thiocarbonyl (C=S) groups is 1. The van der Waals surface area contributed by atoms with Crippen LogP contribution in [-0.4, -0.2) is 27.5 Å². The Kier molecular flexibility index (Phi) is 4.87. The molecule has 0 aliphatic heterocycles. The Morgan fingerprint density at radius 1 is 1.23 bits per heavy atom. The van der Waals surface area contributed by atoms with E-state index in [1.165, 1.54) is 0 Å². The van der Waals surface area contributed by atoms with Gasteiger partial charge in [0.25, 0.3) is 5.91 Å². The summed E-state index contributed by atoms with van der Waals surface area (Å²) in [6.07, 6.45) is 0.906. The van der Waals surface area contributed by atoms with Crippen molar-refractivity contribution in [1.29, 1.82) is 0 Å². The maximum Gasteiger partial charge on any atom is 0.279 e. The molecule has 2 aromatic rings. The van der Waals surface area contributed by atoms with Gasteiger partial charge < -0.3 is 11.1 Å². The number of carbonyl (C=O) groups is 1. The molecule has 1 aromatic carbocycles. The lowest BCUT2D eigenvalue weighted by atomic mass is 10.1. The Labute approximate surface area is 134 Å². The number of benzene rings is 1. The molecule has 0 aliphatic rings. The Hall–Kier alpha value is -2.28. The lowest BCUT2D eigenvalue weighted by Gasteiger charge is -2.12. The molecule has 7 heteroatoms. The van der Waals surface area contributed by atoms with Crippen molar-refractivity contribution in [1.82, 2.24) is 15.3 Å². The van der Waals surface area contributed by atoms with Gasteiger partial charge in [-0.15, -0.1) is 0 Å². The third kappa shape index (κ3) is 3.48. The van der Waals surface area contributed by atoms with E-state index in [1.54, 1.807) is 0 Å². The van der Waals surface area contributed by atoms with E-state index < -0.39 is 5.91 Å². The number of hydrogen-bond donors (Lipinski definition) is 3. The molecule has 22 heavy (non-hydrogen) atoms. The van der Waals surface area contributed by atoms with Gasteiger partial charge in [0, 0.05) is 6.54 Å². The number of carbonyl (C=O) groups excluding carboxylic acids is 1. The summed E-state index contributed by atoms with van der Waals surface area (Å²) >= 11 is 4.71. The molecule has 116 valence electrons. The number of nitrogens with zero attached hydrogens (tertiary/aromatic N) is 2. The van der Waals surface area contributed by atoms with E-state index in [4.69, 9.17) is 18.0 Å². The number of nitrogens with one attached hydrogen (secondary N) is 2. The molecule has 2 rings (SSSR count). The van der Waals surface area contributed by atoms with Gasteiger partial charge in [0.1, 0.15) is 0 Å². The van der Waals surface area contributed by atoms with Gasteiger partial charge in [-0.25, -0.2) is 9.97 Å². The van der Waals surface area contributed by atoms with Crippen molar-refractivity contribution >= 4 is 40.1 Å². The summed E-state index contributed by atoms with van der Waals surface area (Å²) in [4.78, 5) is 21.2. The first-order chi connectivity index (χ1) is 10.4. The molecule has 0 radical (unpaired) electrons. The van der Waals surface area contributed by atoms with E-state index >= 15 is 0 Å². The maximum absolute atomic E-state index is 12.2. The van der Waals surface area contributed by atoms with Gasteiger partial charge in [0.05, 0.1) is 11.0 Å². The summed E-state index contributed by atoms with van der Waals surface area (Å²) < 4.78 is 0. The van der Waals surface area contributed by atoms with Gasteiger partial charge >= 0.3 is 0 Å². The summed E-state index contributed by atoms with van der Waals surface area (Å²) in [6, 6.07) is 3.88. The molecule has 0 aliphatic carbocycles. The maximum atomic E-state index is 12.2. The number of aromatic nitrogens is 2. The Morgan fingerprint density at radius 2 is 1.82 bits per heavy atom. The highest BCUT2D eigenvalue weighted by molar-refractivity contribution is 7.80. The normalized spacial score (nSPS) is 10.5. The SMILES string of the molecule is CCCNc1nc2cc(C)c(C)cc2nc1C(=O)NC(N)=S. The van der Waals surface area contributed by atoms with Crippen LogP contribution in [0.25, 0.3) is 11.0 Å². The van der Waals surface area contributed by atoms with Crippen molar-refractivity contribution in [2.45, 2.75) is 27.2 Å². The van der Waals surface area contributed by atoms with Crippen LogP contribution in [0.3, 0.4) is 0 Å². The lowest BCUT2D eigenvalue weighted by Crippen LogP contribution is -2.35. The predicted octanol–water partition coefficient (Wildman–Crippen LogP) is 2.04. The quantitative estimate of drug-likeness (QED) is 0.747. The number of anilines is 1. The molecule has 1 aromatic heterocycles. The van der Waals surface area contributed by atoms with Crippen LogP contribution < -0.4 is 16.4 Å². The summed E-state index contributed by atoms with van der Waals surface area (Å²) in [5, 5.41) is 5.43. The second-order valence-corrected chi connectivity index (χ2v) is 5.53. The summed E-state index contributed by atoms with van der Waals surface area (Å²) in [6.45, 7) is 6.74. The molecule has 0 bridgehead atoms. The standard InChI is InChI=1S/C15H19N5OS/c1-4-5-17-13-12(14(21)20-15(16)22)18-10-6-8(2)9(3)7-11(10)19-13/h6-7H,4-5H2,1-3H3,(H,17,19)(H3,16,20,21,22). The number of nitrogens with two attached hydrogens (primary N) is 1. The predicted molar refractivity (Wildman–Crippen MR) is 92.0 cm³/mol. The van der Waals surface area contributed by atoms with Crippen molar-refractivity contribution in [3.05, 3.63) is 29.0 Å². The average molecular weight is 317 g/mol. The zero-order valence-corrected chi connectivity index (χ0v) is 13.7. The molecule has 0 unspecified atom stereocenters. The van der Waals surface area contributed by atoms with E-state index in [0.29, 0.717) is 17.9 Å². The van der Waals surface area contributed by atoms with Gasteiger partial charge in [0.2, 0.25) is 0 Å². The zero-order chi connectivity index (χ0) is 16.3. The highest BCUT2D eigenvalue weighted by Gasteiger charge is 2.17. The van der Waals surface area contributed by atoms with Crippen LogP contribution in [0.5, 0.6) is 0 Å². The minimum absolute atomic E-state index is 0.0894. The van der Waals surface area contributed by atoms with Crippen molar-refractivity contribution in [3.63, 3.8) is 0 Å². The van der Waals surface area contributed by atoms with Crippen LogP contribution in [0.4, 0.5) is 5.82 Å². The number of hydrogen-bond acceptors (Lipinski definition) is 5. The first kappa shape index (κ1) is 16.1. The summed E-state index contributed by atoms with van der Waals surface area (Å²) in [5.74, 6) is -0.0231. The first-order valence-corrected chi connectivity index (χ1v) is 7.46. The fraction of sp³-hybridized carbons (Fsp3) is 0.333. The largest absolute Gasteiger partial charge is 0.376 e. The van der Waals surface area contributed by atoms with Crippen molar-refractivity contribution in [3.8, 4) is 0 Å². The fourth-order valence-corrected chi connectivity index (χ4v) is 2.10. The molecule has 1 heterocycles. The van der Waals surface area contributed by atoms with Crippen LogP contribution >= 0.6 is 12.2 Å². The lowest BCUT2D eigenvalue weighted by molar-refractivity contribution is 0.0973. The van der Waals surface area contributed by atoms with Gasteiger partial charge in [-0.3, -0.25) is 10.1 Å². The molecule has 1 amide bonds. The Morgan fingerprint density at radius 3 is 2.36 bits per heavy atom. The van der Waals surface area contributed by atoms with Crippen LogP contribution in [0.1, 0.15) is 35.0 Å². The molecule has 4 N–H and O–H groups in total. The summed E-state index contributed by atoms with van der Waals surface area (Å²) in [7, 11) is 0. The molecule has 0 saturated heterocycles. The monoisotopic (exact) mass is 317 g/mol. The van der Waals surface area contributed by atoms with Crippen molar-refractivity contribution in [2.24, 2.45) is 5.73 Å². The van der Waals surface area contributed by atoms with E-state index in [1.807, 2.05) is 32.9 Å². The third-order valence-electron chi connectivity index (χ3n) is 3.27. The molecule has 0 spiro atoms. The smallest absolute Gasteiger partial charge is 0.279 e. The van der Waals surface area contributed by atoms with Crippen LogP contribution in [0, 0.1) is 13.8 Å². The van der Waals surface area contributed by atoms with Gasteiger partial charge in [0.15, 0.2) is 16.6 Å². The van der Waals surface area contributed by atoms with Gasteiger partial charge in [-0.1, -0.05) is 6.92 Å². The Bertz CT molecular complexity index is 744. The van der Waals surface area contributed by atoms with Crippen LogP contribution in [0.2, 0.25) is 0 Å². The molecular formula is C15H19N5OS. The number of rotatable bonds is 4. The van der Waals surface area contributed by atoms with Gasteiger partial charge in [-0.05, 0) is 55.7 Å². The van der Waals surface area contributed by atoms with Crippen molar-refractivity contribution in [2.75, 3.05) is 11.9 Å². The molecule has 0 saturated carbocycles. The van der Waals surface area contributed by atoms with E-state index in [-0.39, 0.29) is 10.8 Å². The molecular weight excluding hydrogens is 298 g/mol. The topological polar surface area (TPSA) is 92.9 Å². The average Bonchev–Trinajstić information content (AvgIpc) is 2.45. The molecule has 6 nitrogen and oxygen atoms in total. The molecule has 0 fully saturated rings. The van der Waals surface area contributed by atoms with Crippen LogP contribution in [0.15, 0.2) is 12.1 Å². The minimum atomic E-state index is -0.460. The number of amides is 1. The van der Waals surface area contributed by atoms with E-state index in [9.17, 15) is 4.79 Å². The van der Waals surface area contributed by atoms with Crippen LogP contribution in [-0.2, 0) is 0 Å². The number of fused-ring (bicyclic) bond motifs is 1. The second kappa shape index (κ2) is 6.65. The third-order valence-corrected chi connectivity index (χ3v) is 3.38. The van der Waals surface area contributed by atoms with Crippen molar-refractivity contribution < 1.29 is 4.79 Å². The zero-order valence-electron chi connectivity index (χ0n) is 12.9. The van der Waals surface area contributed by atoms with Gasteiger partial charge in [-0.2, -0.15) is 0 Å².